The van der Waals surface area contributed by atoms with E-state index in [4.69, 9.17) is 0 Å². The Labute approximate surface area is 98.8 Å². The molecule has 0 saturated heterocycles. The van der Waals surface area contributed by atoms with E-state index in [1.54, 1.807) is 6.92 Å². The molecular formula is C11H13F2NO2S. The van der Waals surface area contributed by atoms with Gasteiger partial charge in [-0.3, -0.25) is 0 Å². The lowest BCUT2D eigenvalue weighted by Gasteiger charge is -2.16. The summed E-state index contributed by atoms with van der Waals surface area (Å²) in [4.78, 5) is -0.490. The van der Waals surface area contributed by atoms with E-state index in [-0.39, 0.29) is 5.56 Å². The summed E-state index contributed by atoms with van der Waals surface area (Å²) in [6.07, 6.45) is 0. The monoisotopic (exact) mass is 261 g/mol. The summed E-state index contributed by atoms with van der Waals surface area (Å²) in [6.45, 7) is 3.73. The fourth-order valence-corrected chi connectivity index (χ4v) is 4.05. The molecule has 0 bridgehead atoms. The zero-order chi connectivity index (χ0) is 12.8. The topological polar surface area (TPSA) is 46.2 Å². The zero-order valence-corrected chi connectivity index (χ0v) is 10.3. The molecule has 1 aliphatic rings. The van der Waals surface area contributed by atoms with Crippen LogP contribution in [0.2, 0.25) is 0 Å². The predicted octanol–water partition coefficient (Wildman–Crippen LogP) is 1.79. The van der Waals surface area contributed by atoms with Crippen LogP contribution in [-0.2, 0) is 9.84 Å². The quantitative estimate of drug-likeness (QED) is 0.883. The predicted molar refractivity (Wildman–Crippen MR) is 59.4 cm³/mol. The van der Waals surface area contributed by atoms with E-state index < -0.39 is 37.7 Å². The van der Waals surface area contributed by atoms with E-state index in [1.165, 1.54) is 6.92 Å². The zero-order valence-electron chi connectivity index (χ0n) is 9.50. The summed E-state index contributed by atoms with van der Waals surface area (Å²) < 4.78 is 51.3. The molecule has 0 spiro atoms. The molecule has 1 aliphatic heterocycles. The van der Waals surface area contributed by atoms with Gasteiger partial charge in [0, 0.05) is 5.56 Å². The summed E-state index contributed by atoms with van der Waals surface area (Å²) >= 11 is 0. The maximum Gasteiger partial charge on any atom is 0.186 e. The van der Waals surface area contributed by atoms with Crippen molar-refractivity contribution in [3.8, 4) is 0 Å². The Morgan fingerprint density at radius 3 is 2.47 bits per heavy atom. The first-order chi connectivity index (χ1) is 7.91. The Kier molecular flexibility index (Phi) is 2.95. The minimum atomic E-state index is -3.79. The van der Waals surface area contributed by atoms with Crippen molar-refractivity contribution >= 4 is 9.84 Å². The SMILES string of the molecule is CCNC1c2c(F)ccc(F)c2S(=O)(=O)C1C. The maximum absolute atomic E-state index is 13.7. The van der Waals surface area contributed by atoms with Crippen LogP contribution >= 0.6 is 0 Å². The molecular weight excluding hydrogens is 248 g/mol. The van der Waals surface area contributed by atoms with Gasteiger partial charge < -0.3 is 5.32 Å². The lowest BCUT2D eigenvalue weighted by molar-refractivity contribution is 0.496. The number of fused-ring (bicyclic) bond motifs is 1. The normalized spacial score (nSPS) is 25.9. The van der Waals surface area contributed by atoms with Gasteiger partial charge in [0.2, 0.25) is 0 Å². The molecule has 0 saturated carbocycles. The van der Waals surface area contributed by atoms with Crippen LogP contribution in [0.15, 0.2) is 17.0 Å². The van der Waals surface area contributed by atoms with E-state index in [0.717, 1.165) is 12.1 Å². The second-order valence-electron chi connectivity index (χ2n) is 4.06. The van der Waals surface area contributed by atoms with Gasteiger partial charge in [-0.1, -0.05) is 6.92 Å². The number of rotatable bonds is 2. The first-order valence-electron chi connectivity index (χ1n) is 5.36. The molecule has 0 aromatic heterocycles. The standard InChI is InChI=1S/C11H13F2NO2S/c1-3-14-10-6(2)17(15,16)11-8(13)5-4-7(12)9(10)11/h4-6,10,14H,3H2,1-2H3. The number of hydrogen-bond donors (Lipinski definition) is 1. The third-order valence-electron chi connectivity index (χ3n) is 3.07. The fraction of sp³-hybridized carbons (Fsp3) is 0.455. The molecule has 1 aromatic rings. The van der Waals surface area contributed by atoms with Gasteiger partial charge in [-0.05, 0) is 25.6 Å². The Hall–Kier alpha value is -1.01. The van der Waals surface area contributed by atoms with Gasteiger partial charge in [-0.15, -0.1) is 0 Å². The molecule has 0 fully saturated rings. The van der Waals surface area contributed by atoms with E-state index >= 15 is 0 Å². The van der Waals surface area contributed by atoms with Crippen LogP contribution in [0.4, 0.5) is 8.78 Å². The van der Waals surface area contributed by atoms with Gasteiger partial charge in [0.1, 0.15) is 16.5 Å². The highest BCUT2D eigenvalue weighted by Crippen LogP contribution is 2.41. The van der Waals surface area contributed by atoms with Crippen molar-refractivity contribution in [3.63, 3.8) is 0 Å². The Bertz CT molecular complexity index is 557. The summed E-state index contributed by atoms with van der Waals surface area (Å²) in [5, 5.41) is 2.03. The van der Waals surface area contributed by atoms with Crippen LogP contribution < -0.4 is 5.32 Å². The second-order valence-corrected chi connectivity index (χ2v) is 6.30. The molecule has 0 aliphatic carbocycles. The van der Waals surface area contributed by atoms with Crippen molar-refractivity contribution in [2.24, 2.45) is 0 Å². The molecule has 94 valence electrons. The number of benzene rings is 1. The van der Waals surface area contributed by atoms with Crippen LogP contribution in [0.25, 0.3) is 0 Å². The first kappa shape index (κ1) is 12.4. The number of halogens is 2. The van der Waals surface area contributed by atoms with Crippen molar-refractivity contribution in [3.05, 3.63) is 29.3 Å². The molecule has 3 nitrogen and oxygen atoms in total. The molecule has 2 unspecified atom stereocenters. The molecule has 1 heterocycles. The molecule has 1 N–H and O–H groups in total. The average Bonchev–Trinajstić information content (AvgIpc) is 2.46. The largest absolute Gasteiger partial charge is 0.309 e. The minimum Gasteiger partial charge on any atom is -0.309 e. The van der Waals surface area contributed by atoms with Crippen LogP contribution in [0, 0.1) is 11.6 Å². The van der Waals surface area contributed by atoms with Crippen molar-refractivity contribution in [2.45, 2.75) is 30.0 Å². The third kappa shape index (κ3) is 1.66. The Balaban J connectivity index is 2.74. The number of sulfone groups is 1. The van der Waals surface area contributed by atoms with Crippen molar-refractivity contribution in [1.82, 2.24) is 5.32 Å². The van der Waals surface area contributed by atoms with Gasteiger partial charge in [0.25, 0.3) is 0 Å². The van der Waals surface area contributed by atoms with Crippen molar-refractivity contribution < 1.29 is 17.2 Å². The highest BCUT2D eigenvalue weighted by Gasteiger charge is 2.45. The minimum absolute atomic E-state index is 0.0700. The van der Waals surface area contributed by atoms with Crippen LogP contribution in [0.1, 0.15) is 25.5 Å². The highest BCUT2D eigenvalue weighted by atomic mass is 32.2. The molecule has 0 radical (unpaired) electrons. The van der Waals surface area contributed by atoms with E-state index in [2.05, 4.69) is 5.32 Å². The molecule has 6 heteroatoms. The first-order valence-corrected chi connectivity index (χ1v) is 6.91. The average molecular weight is 261 g/mol. The molecule has 1 aromatic carbocycles. The van der Waals surface area contributed by atoms with Gasteiger partial charge in [-0.25, -0.2) is 17.2 Å². The summed E-state index contributed by atoms with van der Waals surface area (Å²) in [6, 6.07) is 1.13. The van der Waals surface area contributed by atoms with Crippen LogP contribution in [-0.4, -0.2) is 20.2 Å². The second kappa shape index (κ2) is 4.03. The van der Waals surface area contributed by atoms with E-state index in [1.807, 2.05) is 0 Å². The molecule has 17 heavy (non-hydrogen) atoms. The number of nitrogens with one attached hydrogen (secondary N) is 1. The van der Waals surface area contributed by atoms with Crippen LogP contribution in [0.3, 0.4) is 0 Å². The van der Waals surface area contributed by atoms with Gasteiger partial charge in [0.05, 0.1) is 11.3 Å². The van der Waals surface area contributed by atoms with Gasteiger partial charge in [-0.2, -0.15) is 0 Å². The lowest BCUT2D eigenvalue weighted by atomic mass is 10.0. The summed E-state index contributed by atoms with van der Waals surface area (Å²) in [7, 11) is -3.79. The highest BCUT2D eigenvalue weighted by molar-refractivity contribution is 7.92. The fourth-order valence-electron chi connectivity index (χ4n) is 2.22. The van der Waals surface area contributed by atoms with E-state index in [9.17, 15) is 17.2 Å². The molecule has 2 rings (SSSR count). The number of hydrogen-bond acceptors (Lipinski definition) is 3. The summed E-state index contributed by atoms with van der Waals surface area (Å²) in [5.74, 6) is -1.56. The third-order valence-corrected chi connectivity index (χ3v) is 5.31. The Morgan fingerprint density at radius 2 is 1.88 bits per heavy atom. The molecule has 2 atom stereocenters. The summed E-state index contributed by atoms with van der Waals surface area (Å²) in [5.41, 5.74) is -0.0700. The lowest BCUT2D eigenvalue weighted by Crippen LogP contribution is -2.29. The van der Waals surface area contributed by atoms with E-state index in [0.29, 0.717) is 6.54 Å². The molecule has 0 amide bonds. The smallest absolute Gasteiger partial charge is 0.186 e. The van der Waals surface area contributed by atoms with Gasteiger partial charge in [0.15, 0.2) is 9.84 Å². The maximum atomic E-state index is 13.7. The van der Waals surface area contributed by atoms with Gasteiger partial charge >= 0.3 is 0 Å². The van der Waals surface area contributed by atoms with Crippen LogP contribution in [0.5, 0.6) is 0 Å². The Morgan fingerprint density at radius 1 is 1.29 bits per heavy atom. The van der Waals surface area contributed by atoms with Crippen molar-refractivity contribution in [1.29, 1.82) is 0 Å². The van der Waals surface area contributed by atoms with Crippen molar-refractivity contribution in [2.75, 3.05) is 6.54 Å².